The molecule has 11 nitrogen and oxygen atoms in total. The second-order valence-corrected chi connectivity index (χ2v) is 10.8. The fourth-order valence-corrected chi connectivity index (χ4v) is 5.03. The van der Waals surface area contributed by atoms with E-state index in [-0.39, 0.29) is 6.10 Å². The highest BCUT2D eigenvalue weighted by Crippen LogP contribution is 2.37. The lowest BCUT2D eigenvalue weighted by Crippen LogP contribution is -2.50. The molecule has 0 bridgehead atoms. The Morgan fingerprint density at radius 3 is 2.61 bits per heavy atom. The van der Waals surface area contributed by atoms with Gasteiger partial charge in [-0.1, -0.05) is 18.2 Å². The first kappa shape index (κ1) is 28.2. The zero-order valence-electron chi connectivity index (χ0n) is 24.5. The van der Waals surface area contributed by atoms with Crippen molar-refractivity contribution >= 4 is 39.9 Å². The number of nitrogens with two attached hydrogens (primary N) is 1. The molecule has 1 saturated heterocycles. The fraction of sp³-hybridized carbons (Fsp3) is 0.367. The predicted molar refractivity (Wildman–Crippen MR) is 163 cm³/mol. The van der Waals surface area contributed by atoms with E-state index in [1.807, 2.05) is 82.4 Å². The van der Waals surface area contributed by atoms with Gasteiger partial charge in [0.25, 0.3) is 0 Å². The minimum absolute atomic E-state index is 0.146. The van der Waals surface area contributed by atoms with E-state index in [0.29, 0.717) is 47.4 Å². The van der Waals surface area contributed by atoms with E-state index in [2.05, 4.69) is 25.0 Å². The number of fused-ring (bicyclic) bond motifs is 1. The molecule has 0 amide bonds. The number of ether oxygens (including phenoxy) is 2. The summed E-state index contributed by atoms with van der Waals surface area (Å²) in [5.41, 5.74) is 11.2. The van der Waals surface area contributed by atoms with E-state index in [0.717, 1.165) is 35.2 Å². The minimum atomic E-state index is -0.440. The molecule has 41 heavy (non-hydrogen) atoms. The highest BCUT2D eigenvalue weighted by Gasteiger charge is 2.29. The molecule has 4 aromatic rings. The van der Waals surface area contributed by atoms with Crippen LogP contribution in [0.15, 0.2) is 48.8 Å². The van der Waals surface area contributed by atoms with Crippen molar-refractivity contribution in [2.24, 2.45) is 7.05 Å². The quantitative estimate of drug-likeness (QED) is 0.222. The lowest BCUT2D eigenvalue weighted by Gasteiger charge is -2.35. The number of para-hydroxylation sites is 1. The summed E-state index contributed by atoms with van der Waals surface area (Å²) < 4.78 is 13.5. The molecule has 5 rings (SSSR count). The molecule has 0 spiro atoms. The van der Waals surface area contributed by atoms with Crippen LogP contribution in [0.5, 0.6) is 5.75 Å². The van der Waals surface area contributed by atoms with Crippen molar-refractivity contribution in [2.45, 2.75) is 6.10 Å². The summed E-state index contributed by atoms with van der Waals surface area (Å²) in [4.78, 5) is 29.0. The molecule has 2 aromatic heterocycles. The van der Waals surface area contributed by atoms with Gasteiger partial charge in [-0.3, -0.25) is 4.90 Å². The van der Waals surface area contributed by atoms with E-state index in [4.69, 9.17) is 20.2 Å². The molecule has 1 aliphatic heterocycles. The monoisotopic (exact) mass is 558 g/mol. The molecular weight excluding hydrogens is 520 g/mol. The Morgan fingerprint density at radius 2 is 1.90 bits per heavy atom. The summed E-state index contributed by atoms with van der Waals surface area (Å²) in [5, 5.41) is 4.24. The molecule has 3 N–H and O–H groups in total. The lowest BCUT2D eigenvalue weighted by molar-refractivity contribution is -0.0211. The van der Waals surface area contributed by atoms with Crippen molar-refractivity contribution < 1.29 is 14.3 Å². The number of aromatic nitrogens is 3. The number of nitrogen functional groups attached to an aromatic ring is 1. The fourth-order valence-electron chi connectivity index (χ4n) is 5.03. The number of nitrogens with zero attached hydrogens (tertiary/aromatic N) is 6. The second-order valence-electron chi connectivity index (χ2n) is 10.8. The van der Waals surface area contributed by atoms with E-state index in [9.17, 15) is 4.79 Å². The number of esters is 1. The molecule has 0 unspecified atom stereocenters. The number of nitrogens with one attached hydrogen (secondary N) is 1. The number of anilines is 4. The molecule has 0 saturated carbocycles. The summed E-state index contributed by atoms with van der Waals surface area (Å²) >= 11 is 0. The van der Waals surface area contributed by atoms with Gasteiger partial charge in [-0.2, -0.15) is 0 Å². The normalized spacial score (nSPS) is 13.8. The van der Waals surface area contributed by atoms with Crippen LogP contribution in [0.2, 0.25) is 0 Å². The Kier molecular flexibility index (Phi) is 8.00. The van der Waals surface area contributed by atoms with E-state index < -0.39 is 5.97 Å². The Labute approximate surface area is 240 Å². The van der Waals surface area contributed by atoms with Crippen molar-refractivity contribution in [3.63, 3.8) is 0 Å². The molecule has 0 aliphatic carbocycles. The van der Waals surface area contributed by atoms with Crippen molar-refractivity contribution in [2.75, 3.05) is 77.4 Å². The van der Waals surface area contributed by atoms with Crippen LogP contribution < -0.4 is 20.7 Å². The van der Waals surface area contributed by atoms with Gasteiger partial charge in [-0.25, -0.2) is 14.8 Å². The van der Waals surface area contributed by atoms with Crippen LogP contribution in [0.4, 0.5) is 23.0 Å². The molecular formula is C30H38N8O3. The van der Waals surface area contributed by atoms with Crippen LogP contribution in [0, 0.1) is 0 Å². The topological polar surface area (TPSA) is 114 Å². The molecule has 1 aliphatic rings. The average molecular weight is 559 g/mol. The molecule has 0 atom stereocenters. The van der Waals surface area contributed by atoms with Crippen molar-refractivity contribution in [1.29, 1.82) is 0 Å². The van der Waals surface area contributed by atoms with Crippen LogP contribution in [0.3, 0.4) is 0 Å². The zero-order valence-corrected chi connectivity index (χ0v) is 24.5. The van der Waals surface area contributed by atoms with Crippen LogP contribution in [-0.4, -0.2) is 97.9 Å². The number of hydrogen-bond donors (Lipinski definition) is 2. The number of hydrogen-bond acceptors (Lipinski definition) is 10. The summed E-state index contributed by atoms with van der Waals surface area (Å²) in [5.74, 6) is 0.461. The standard InChI is InChI=1S/C30H38N8O3/c1-35(2)11-12-37(4)26-14-27(40-6)24(13-23(26)31)33-30-32-15-21(29(39)41-19-16-36(3)17-19)28(34-30)22-18-38(5)25-10-8-7-9-20(22)25/h7-10,13-15,18-19H,11-12,16-17,31H2,1-6H3,(H,32,33,34). The van der Waals surface area contributed by atoms with Gasteiger partial charge in [0.2, 0.25) is 5.95 Å². The number of methoxy groups -OCH3 is 1. The highest BCUT2D eigenvalue weighted by atomic mass is 16.5. The number of carbonyl (C=O) groups excluding carboxylic acids is 1. The van der Waals surface area contributed by atoms with E-state index in [1.54, 1.807) is 7.11 Å². The first-order valence-electron chi connectivity index (χ1n) is 13.6. The number of rotatable bonds is 10. The van der Waals surface area contributed by atoms with E-state index >= 15 is 0 Å². The zero-order chi connectivity index (χ0) is 29.3. The van der Waals surface area contributed by atoms with Crippen molar-refractivity contribution in [3.8, 4) is 17.0 Å². The van der Waals surface area contributed by atoms with E-state index in [1.165, 1.54) is 6.20 Å². The molecule has 2 aromatic carbocycles. The maximum absolute atomic E-state index is 13.3. The largest absolute Gasteiger partial charge is 0.494 e. The maximum atomic E-state index is 13.3. The summed E-state index contributed by atoms with van der Waals surface area (Å²) in [6.45, 7) is 3.10. The minimum Gasteiger partial charge on any atom is -0.494 e. The first-order valence-corrected chi connectivity index (χ1v) is 13.6. The first-order chi connectivity index (χ1) is 19.6. The van der Waals surface area contributed by atoms with Gasteiger partial charge in [-0.15, -0.1) is 0 Å². The highest BCUT2D eigenvalue weighted by molar-refractivity contribution is 6.03. The Balaban J connectivity index is 1.51. The SMILES string of the molecule is COc1cc(N(C)CCN(C)C)c(N)cc1Nc1ncc(C(=O)OC2CN(C)C2)c(-c2cn(C)c3ccccc23)n1. The van der Waals surface area contributed by atoms with Crippen LogP contribution in [0.25, 0.3) is 22.2 Å². The molecule has 11 heteroatoms. The van der Waals surface area contributed by atoms with Gasteiger partial charge >= 0.3 is 5.97 Å². The smallest absolute Gasteiger partial charge is 0.342 e. The Hall–Kier alpha value is -4.35. The van der Waals surface area contributed by atoms with Gasteiger partial charge in [0.15, 0.2) is 0 Å². The summed E-state index contributed by atoms with van der Waals surface area (Å²) in [7, 11) is 11.6. The number of aryl methyl sites for hydroxylation is 1. The van der Waals surface area contributed by atoms with Crippen LogP contribution in [0.1, 0.15) is 10.4 Å². The van der Waals surface area contributed by atoms with Crippen molar-refractivity contribution in [3.05, 3.63) is 54.4 Å². The number of likely N-dealkylation sites (tertiary alicyclic amines) is 1. The average Bonchev–Trinajstić information content (AvgIpc) is 3.27. The number of benzene rings is 2. The van der Waals surface area contributed by atoms with Crippen molar-refractivity contribution in [1.82, 2.24) is 24.3 Å². The number of carbonyl (C=O) groups is 1. The van der Waals surface area contributed by atoms with Gasteiger partial charge in [0.05, 0.1) is 29.9 Å². The molecule has 0 radical (unpaired) electrons. The summed E-state index contributed by atoms with van der Waals surface area (Å²) in [6.07, 6.45) is 3.35. The van der Waals surface area contributed by atoms with Gasteiger partial charge < -0.3 is 34.9 Å². The molecule has 216 valence electrons. The van der Waals surface area contributed by atoms with Gasteiger partial charge in [-0.05, 0) is 33.3 Å². The molecule has 3 heterocycles. The predicted octanol–water partition coefficient (Wildman–Crippen LogP) is 3.44. The van der Waals surface area contributed by atoms with Crippen LogP contribution in [-0.2, 0) is 11.8 Å². The maximum Gasteiger partial charge on any atom is 0.342 e. The third-order valence-corrected chi connectivity index (χ3v) is 7.35. The molecule has 1 fully saturated rings. The Bertz CT molecular complexity index is 1560. The third kappa shape index (κ3) is 5.91. The second kappa shape index (κ2) is 11.6. The Morgan fingerprint density at radius 1 is 1.15 bits per heavy atom. The lowest BCUT2D eigenvalue weighted by atomic mass is 10.1. The third-order valence-electron chi connectivity index (χ3n) is 7.35. The summed E-state index contributed by atoms with van der Waals surface area (Å²) in [6, 6.07) is 11.7. The van der Waals surface area contributed by atoms with Gasteiger partial charge in [0, 0.05) is 75.2 Å². The van der Waals surface area contributed by atoms with Gasteiger partial charge in [0.1, 0.15) is 17.4 Å². The van der Waals surface area contributed by atoms with Crippen LogP contribution >= 0.6 is 0 Å². The number of likely N-dealkylation sites (N-methyl/N-ethyl adjacent to an activating group) is 3.